The first-order valence-electron chi connectivity index (χ1n) is 23.7. The molecule has 3 heterocycles. The van der Waals surface area contributed by atoms with Gasteiger partial charge in [-0.1, -0.05) is 188 Å². The molecule has 11 aromatic carbocycles. The Morgan fingerprint density at radius 3 is 1.27 bits per heavy atom. The standard InChI is InChI=1S/C65H40N4S/c1-3-18-41(19-4-1)48-26-11-13-28-51(48)63-66-64(52-29-14-12-27-49(52)42-20-5-2-6-21-42)68-65(67-63)53-35-34-47(40-55(53)50-31-17-33-61-62(50)54-30-15-16-32-60(54)70-61)69-58-38-45-24-9-7-22-43(45)36-56(58)57-37-44-23-8-10-25-46(44)39-59(57)69/h1-40H. The van der Waals surface area contributed by atoms with E-state index in [1.807, 2.05) is 11.3 Å². The number of fused-ring (bicyclic) bond motifs is 8. The van der Waals surface area contributed by atoms with Crippen molar-refractivity contribution in [3.63, 3.8) is 0 Å². The molecule has 0 fully saturated rings. The number of hydrogen-bond acceptors (Lipinski definition) is 4. The summed E-state index contributed by atoms with van der Waals surface area (Å²) >= 11 is 1.83. The summed E-state index contributed by atoms with van der Waals surface area (Å²) in [7, 11) is 0. The molecule has 70 heavy (non-hydrogen) atoms. The van der Waals surface area contributed by atoms with E-state index in [0.29, 0.717) is 17.5 Å². The fourth-order valence-electron chi connectivity index (χ4n) is 10.6. The van der Waals surface area contributed by atoms with Crippen LogP contribution in [-0.4, -0.2) is 19.5 Å². The van der Waals surface area contributed by atoms with Crippen molar-refractivity contribution in [2.75, 3.05) is 0 Å². The van der Waals surface area contributed by atoms with Gasteiger partial charge in [-0.05, 0) is 110 Å². The monoisotopic (exact) mass is 908 g/mol. The maximum Gasteiger partial charge on any atom is 0.164 e. The number of rotatable bonds is 7. The second-order valence-electron chi connectivity index (χ2n) is 17.9. The quantitative estimate of drug-likeness (QED) is 0.160. The number of aromatic nitrogens is 4. The fraction of sp³-hybridized carbons (Fsp3) is 0. The van der Waals surface area contributed by atoms with Crippen molar-refractivity contribution in [1.82, 2.24) is 19.5 Å². The highest BCUT2D eigenvalue weighted by atomic mass is 32.1. The van der Waals surface area contributed by atoms with Crippen LogP contribution in [0.1, 0.15) is 0 Å². The van der Waals surface area contributed by atoms with Gasteiger partial charge in [0, 0.05) is 53.3 Å². The summed E-state index contributed by atoms with van der Waals surface area (Å²) in [6.45, 7) is 0. The maximum absolute atomic E-state index is 5.54. The van der Waals surface area contributed by atoms with Gasteiger partial charge in [-0.25, -0.2) is 15.0 Å². The van der Waals surface area contributed by atoms with Gasteiger partial charge in [0.2, 0.25) is 0 Å². The molecule has 0 amide bonds. The summed E-state index contributed by atoms with van der Waals surface area (Å²) in [5.74, 6) is 1.82. The first-order valence-corrected chi connectivity index (χ1v) is 24.5. The molecule has 14 rings (SSSR count). The van der Waals surface area contributed by atoms with Crippen LogP contribution >= 0.6 is 11.3 Å². The lowest BCUT2D eigenvalue weighted by atomic mass is 9.94. The summed E-state index contributed by atoms with van der Waals surface area (Å²) in [5.41, 5.74) is 12.6. The topological polar surface area (TPSA) is 43.6 Å². The maximum atomic E-state index is 5.54. The zero-order valence-corrected chi connectivity index (χ0v) is 38.6. The first kappa shape index (κ1) is 40.1. The summed E-state index contributed by atoms with van der Waals surface area (Å²) in [5, 5.41) is 9.73. The van der Waals surface area contributed by atoms with Crippen LogP contribution in [0.5, 0.6) is 0 Å². The van der Waals surface area contributed by atoms with Gasteiger partial charge in [0.05, 0.1) is 11.0 Å². The van der Waals surface area contributed by atoms with E-state index < -0.39 is 0 Å². The summed E-state index contributed by atoms with van der Waals surface area (Å²) < 4.78 is 4.94. The van der Waals surface area contributed by atoms with Crippen molar-refractivity contribution < 1.29 is 0 Å². The molecule has 3 aromatic heterocycles. The van der Waals surface area contributed by atoms with Gasteiger partial charge in [0.25, 0.3) is 0 Å². The number of thiophene rings is 1. The lowest BCUT2D eigenvalue weighted by molar-refractivity contribution is 1.07. The van der Waals surface area contributed by atoms with E-state index in [-0.39, 0.29) is 0 Å². The predicted octanol–water partition coefficient (Wildman–Crippen LogP) is 17.6. The van der Waals surface area contributed by atoms with Crippen LogP contribution in [0.3, 0.4) is 0 Å². The molecule has 0 aliphatic carbocycles. The van der Waals surface area contributed by atoms with Crippen LogP contribution in [0.4, 0.5) is 0 Å². The minimum absolute atomic E-state index is 0.600. The average molecular weight is 909 g/mol. The number of hydrogen-bond donors (Lipinski definition) is 0. The third kappa shape index (κ3) is 6.62. The highest BCUT2D eigenvalue weighted by molar-refractivity contribution is 7.25. The van der Waals surface area contributed by atoms with E-state index >= 15 is 0 Å². The molecule has 14 aromatic rings. The molecule has 0 aliphatic heterocycles. The SMILES string of the molecule is c1ccc(-c2ccccc2-c2nc(-c3ccccc3-c3ccccc3)nc(-c3ccc(-n4c5cc6ccccc6cc5c5cc6ccccc6cc54)cc3-c3cccc4sc5ccccc5c34)n2)cc1. The van der Waals surface area contributed by atoms with Crippen molar-refractivity contribution in [3.8, 4) is 73.2 Å². The van der Waals surface area contributed by atoms with E-state index in [1.54, 1.807) is 0 Å². The van der Waals surface area contributed by atoms with Gasteiger partial charge < -0.3 is 4.57 Å². The number of nitrogens with zero attached hydrogens (tertiary/aromatic N) is 4. The van der Waals surface area contributed by atoms with E-state index in [2.05, 4.69) is 247 Å². The third-order valence-corrected chi connectivity index (χ3v) is 15.0. The van der Waals surface area contributed by atoms with E-state index in [9.17, 15) is 0 Å². The van der Waals surface area contributed by atoms with Gasteiger partial charge in [-0.2, -0.15) is 0 Å². The van der Waals surface area contributed by atoms with Gasteiger partial charge in [-0.15, -0.1) is 11.3 Å². The Hall–Kier alpha value is -9.03. The van der Waals surface area contributed by atoms with Crippen molar-refractivity contribution in [1.29, 1.82) is 0 Å². The minimum Gasteiger partial charge on any atom is -0.309 e. The Bertz CT molecular complexity index is 4170. The fourth-order valence-corrected chi connectivity index (χ4v) is 11.7. The second kappa shape index (κ2) is 16.3. The molecule has 5 heteroatoms. The lowest BCUT2D eigenvalue weighted by Crippen LogP contribution is -2.03. The van der Waals surface area contributed by atoms with Crippen LogP contribution in [0.2, 0.25) is 0 Å². The molecule has 4 nitrogen and oxygen atoms in total. The highest BCUT2D eigenvalue weighted by Crippen LogP contribution is 2.45. The molecular weight excluding hydrogens is 869 g/mol. The summed E-state index contributed by atoms with van der Waals surface area (Å²) in [4.78, 5) is 16.5. The van der Waals surface area contributed by atoms with Crippen LogP contribution in [0.15, 0.2) is 243 Å². The number of benzene rings is 11. The van der Waals surface area contributed by atoms with Crippen molar-refractivity contribution in [3.05, 3.63) is 243 Å². The molecule has 0 N–H and O–H groups in total. The van der Waals surface area contributed by atoms with Gasteiger partial charge >= 0.3 is 0 Å². The second-order valence-corrected chi connectivity index (χ2v) is 19.0. The highest BCUT2D eigenvalue weighted by Gasteiger charge is 2.23. The van der Waals surface area contributed by atoms with Crippen molar-refractivity contribution >= 4 is 74.9 Å². The molecule has 0 atom stereocenters. The molecule has 0 spiro atoms. The Labute approximate surface area is 408 Å². The smallest absolute Gasteiger partial charge is 0.164 e. The summed E-state index contributed by atoms with van der Waals surface area (Å²) in [6, 6.07) is 87.1. The Morgan fingerprint density at radius 2 is 0.714 bits per heavy atom. The van der Waals surface area contributed by atoms with Gasteiger partial charge in [0.15, 0.2) is 17.5 Å². The zero-order chi connectivity index (χ0) is 46.1. The van der Waals surface area contributed by atoms with E-state index in [0.717, 1.165) is 66.8 Å². The molecule has 0 bridgehead atoms. The average Bonchev–Trinajstić information content (AvgIpc) is 3.97. The lowest BCUT2D eigenvalue weighted by Gasteiger charge is -2.17. The van der Waals surface area contributed by atoms with Crippen LogP contribution in [-0.2, 0) is 0 Å². The Balaban J connectivity index is 1.09. The van der Waals surface area contributed by atoms with E-state index in [4.69, 9.17) is 15.0 Å². The molecule has 0 unspecified atom stereocenters. The molecule has 326 valence electrons. The molecular formula is C65H40N4S. The van der Waals surface area contributed by atoms with Gasteiger partial charge in [0.1, 0.15) is 0 Å². The third-order valence-electron chi connectivity index (χ3n) is 13.8. The largest absolute Gasteiger partial charge is 0.309 e. The van der Waals surface area contributed by atoms with Crippen molar-refractivity contribution in [2.45, 2.75) is 0 Å². The Morgan fingerprint density at radius 1 is 0.286 bits per heavy atom. The molecule has 0 saturated heterocycles. The first-order chi connectivity index (χ1) is 34.7. The normalized spacial score (nSPS) is 11.7. The summed E-state index contributed by atoms with van der Waals surface area (Å²) in [6.07, 6.45) is 0. The molecule has 0 aliphatic rings. The molecule has 0 radical (unpaired) electrons. The van der Waals surface area contributed by atoms with E-state index in [1.165, 1.54) is 52.5 Å². The van der Waals surface area contributed by atoms with Crippen LogP contribution in [0.25, 0.3) is 137 Å². The van der Waals surface area contributed by atoms with Crippen LogP contribution in [0, 0.1) is 0 Å². The van der Waals surface area contributed by atoms with Crippen molar-refractivity contribution in [2.24, 2.45) is 0 Å². The Kier molecular flexibility index (Phi) is 9.36. The van der Waals surface area contributed by atoms with Crippen LogP contribution < -0.4 is 0 Å². The predicted molar refractivity (Wildman–Crippen MR) is 295 cm³/mol. The molecule has 0 saturated carbocycles. The minimum atomic E-state index is 0.600. The van der Waals surface area contributed by atoms with Gasteiger partial charge in [-0.3, -0.25) is 0 Å². The zero-order valence-electron chi connectivity index (χ0n) is 37.8.